The fourth-order valence-corrected chi connectivity index (χ4v) is 8.39. The van der Waals surface area contributed by atoms with Crippen LogP contribution in [0, 0.1) is 0 Å². The molecule has 2 N–H and O–H groups in total. The Morgan fingerprint density at radius 2 is 0.667 bits per heavy atom. The second-order valence-electron chi connectivity index (χ2n) is 13.1. The van der Waals surface area contributed by atoms with Gasteiger partial charge in [0.25, 0.3) is 0 Å². The Labute approximate surface area is 298 Å². The first-order valence-electron chi connectivity index (χ1n) is 17.3. The van der Waals surface area contributed by atoms with Gasteiger partial charge in [-0.25, -0.2) is 0 Å². The summed E-state index contributed by atoms with van der Waals surface area (Å²) in [5.74, 6) is 0.316. The molecule has 2 heteroatoms. The van der Waals surface area contributed by atoms with E-state index < -0.39 is 5.41 Å². The molecule has 0 aliphatic heterocycles. The number of aromatic hydroxyl groups is 2. The summed E-state index contributed by atoms with van der Waals surface area (Å²) in [4.78, 5) is 0. The second-order valence-corrected chi connectivity index (χ2v) is 13.1. The number of phenols is 2. The zero-order valence-electron chi connectivity index (χ0n) is 27.9. The largest absolute Gasteiger partial charge is 0.508 e. The SMILES string of the molecule is Oc1cccc(-c2ccccc2)c1C1(c2c(O)cccc2-c2ccccc2)c2ccccc2-c2ccc(-c3ccccc3)c(-c3ccccc3)c21. The Kier molecular flexibility index (Phi) is 7.37. The van der Waals surface area contributed by atoms with E-state index in [0.29, 0.717) is 0 Å². The third-order valence-corrected chi connectivity index (χ3v) is 10.4. The van der Waals surface area contributed by atoms with Gasteiger partial charge < -0.3 is 10.2 Å². The Balaban J connectivity index is 1.58. The summed E-state index contributed by atoms with van der Waals surface area (Å²) in [5.41, 5.74) is 12.4. The van der Waals surface area contributed by atoms with E-state index in [-0.39, 0.29) is 11.5 Å². The predicted molar refractivity (Wildman–Crippen MR) is 209 cm³/mol. The van der Waals surface area contributed by atoms with Crippen molar-refractivity contribution in [2.75, 3.05) is 0 Å². The van der Waals surface area contributed by atoms with Crippen LogP contribution in [0.1, 0.15) is 22.3 Å². The third-order valence-electron chi connectivity index (χ3n) is 10.4. The van der Waals surface area contributed by atoms with Gasteiger partial charge >= 0.3 is 0 Å². The molecule has 242 valence electrons. The van der Waals surface area contributed by atoms with Crippen LogP contribution in [0.3, 0.4) is 0 Å². The molecular formula is C49H34O2. The van der Waals surface area contributed by atoms with Gasteiger partial charge in [0.15, 0.2) is 0 Å². The van der Waals surface area contributed by atoms with Crippen molar-refractivity contribution in [3.8, 4) is 67.1 Å². The highest BCUT2D eigenvalue weighted by molar-refractivity contribution is 6.01. The normalized spacial score (nSPS) is 12.6. The quantitative estimate of drug-likeness (QED) is 0.187. The van der Waals surface area contributed by atoms with Gasteiger partial charge in [0.2, 0.25) is 0 Å². The second kappa shape index (κ2) is 12.4. The number of benzene rings is 8. The summed E-state index contributed by atoms with van der Waals surface area (Å²) < 4.78 is 0. The van der Waals surface area contributed by atoms with Crippen molar-refractivity contribution >= 4 is 0 Å². The zero-order valence-corrected chi connectivity index (χ0v) is 27.9. The van der Waals surface area contributed by atoms with Gasteiger partial charge in [0, 0.05) is 11.1 Å². The molecule has 0 saturated carbocycles. The summed E-state index contributed by atoms with van der Waals surface area (Å²) in [6, 6.07) is 66.1. The molecule has 0 spiro atoms. The maximum Gasteiger partial charge on any atom is 0.120 e. The van der Waals surface area contributed by atoms with Crippen LogP contribution in [0.15, 0.2) is 194 Å². The molecule has 0 atom stereocenters. The Hall–Kier alpha value is -6.64. The highest BCUT2D eigenvalue weighted by Crippen LogP contribution is 2.65. The molecule has 1 aliphatic rings. The average molecular weight is 655 g/mol. The molecule has 8 aromatic carbocycles. The van der Waals surface area contributed by atoms with Crippen LogP contribution in [-0.4, -0.2) is 10.2 Å². The van der Waals surface area contributed by atoms with E-state index in [1.54, 1.807) is 12.1 Å². The van der Waals surface area contributed by atoms with Gasteiger partial charge in [-0.15, -0.1) is 0 Å². The van der Waals surface area contributed by atoms with Crippen molar-refractivity contribution < 1.29 is 10.2 Å². The standard InChI is InChI=1S/C49H34O2/c50-43-29-15-26-38(34-19-7-2-8-20-34)46(43)49(47-39(27-16-30-44(47)51)35-21-9-3-10-22-35)42-28-14-13-25-40(42)41-32-31-37(33-17-5-1-6-18-33)45(48(41)49)36-23-11-4-12-24-36/h1-32,50-51H. The van der Waals surface area contributed by atoms with Crippen molar-refractivity contribution in [1.82, 2.24) is 0 Å². The van der Waals surface area contributed by atoms with Crippen LogP contribution < -0.4 is 0 Å². The lowest BCUT2D eigenvalue weighted by atomic mass is 9.62. The van der Waals surface area contributed by atoms with Gasteiger partial charge in [-0.3, -0.25) is 0 Å². The molecule has 0 heterocycles. The van der Waals surface area contributed by atoms with Crippen LogP contribution in [-0.2, 0) is 5.41 Å². The molecule has 0 aromatic heterocycles. The van der Waals surface area contributed by atoms with Crippen molar-refractivity contribution in [2.45, 2.75) is 5.41 Å². The fourth-order valence-electron chi connectivity index (χ4n) is 8.39. The minimum absolute atomic E-state index is 0.158. The van der Waals surface area contributed by atoms with E-state index in [2.05, 4.69) is 121 Å². The third kappa shape index (κ3) is 4.72. The van der Waals surface area contributed by atoms with Crippen LogP contribution in [0.25, 0.3) is 55.6 Å². The Morgan fingerprint density at radius 3 is 1.18 bits per heavy atom. The minimum Gasteiger partial charge on any atom is -0.508 e. The molecule has 1 aliphatic carbocycles. The highest BCUT2D eigenvalue weighted by Gasteiger charge is 2.53. The average Bonchev–Trinajstić information content (AvgIpc) is 3.49. The summed E-state index contributed by atoms with van der Waals surface area (Å²) in [6.07, 6.45) is 0. The molecule has 0 saturated heterocycles. The lowest BCUT2D eigenvalue weighted by molar-refractivity contribution is 0.449. The van der Waals surface area contributed by atoms with Gasteiger partial charge in [-0.1, -0.05) is 182 Å². The first-order chi connectivity index (χ1) is 25.2. The van der Waals surface area contributed by atoms with E-state index in [9.17, 15) is 10.2 Å². The molecule has 51 heavy (non-hydrogen) atoms. The van der Waals surface area contributed by atoms with E-state index in [0.717, 1.165) is 77.9 Å². The molecule has 9 rings (SSSR count). The topological polar surface area (TPSA) is 40.5 Å². The monoisotopic (exact) mass is 654 g/mol. The summed E-state index contributed by atoms with van der Waals surface area (Å²) in [7, 11) is 0. The number of hydrogen-bond acceptors (Lipinski definition) is 2. The van der Waals surface area contributed by atoms with Crippen LogP contribution in [0.4, 0.5) is 0 Å². The van der Waals surface area contributed by atoms with Crippen molar-refractivity contribution in [1.29, 1.82) is 0 Å². The van der Waals surface area contributed by atoms with Gasteiger partial charge in [-0.2, -0.15) is 0 Å². The number of rotatable bonds is 6. The summed E-state index contributed by atoms with van der Waals surface area (Å²) in [6.45, 7) is 0. The van der Waals surface area contributed by atoms with E-state index in [1.165, 1.54) is 0 Å². The Bertz CT molecular complexity index is 2430. The zero-order chi connectivity index (χ0) is 34.4. The summed E-state index contributed by atoms with van der Waals surface area (Å²) in [5, 5.41) is 25.0. The Morgan fingerprint density at radius 1 is 0.275 bits per heavy atom. The minimum atomic E-state index is -1.17. The molecule has 0 radical (unpaired) electrons. The molecule has 2 nitrogen and oxygen atoms in total. The van der Waals surface area contributed by atoms with Crippen LogP contribution in [0.2, 0.25) is 0 Å². The smallest absolute Gasteiger partial charge is 0.120 e. The first-order valence-corrected chi connectivity index (χ1v) is 17.3. The predicted octanol–water partition coefficient (Wildman–Crippen LogP) is 12.1. The maximum atomic E-state index is 12.5. The molecule has 0 fully saturated rings. The fraction of sp³-hybridized carbons (Fsp3) is 0.0204. The van der Waals surface area contributed by atoms with Crippen LogP contribution >= 0.6 is 0 Å². The molecule has 8 aromatic rings. The lowest BCUT2D eigenvalue weighted by Gasteiger charge is -2.39. The van der Waals surface area contributed by atoms with Crippen LogP contribution in [0.5, 0.6) is 11.5 Å². The number of fused-ring (bicyclic) bond motifs is 3. The van der Waals surface area contributed by atoms with Gasteiger partial charge in [0.1, 0.15) is 11.5 Å². The molecule has 0 unspecified atom stereocenters. The molecular weight excluding hydrogens is 621 g/mol. The van der Waals surface area contributed by atoms with Gasteiger partial charge in [0.05, 0.1) is 5.41 Å². The van der Waals surface area contributed by atoms with Crippen molar-refractivity contribution in [2.24, 2.45) is 0 Å². The maximum absolute atomic E-state index is 12.5. The first kappa shape index (κ1) is 30.4. The van der Waals surface area contributed by atoms with Crippen molar-refractivity contribution in [3.05, 3.63) is 216 Å². The van der Waals surface area contributed by atoms with Crippen molar-refractivity contribution in [3.63, 3.8) is 0 Å². The summed E-state index contributed by atoms with van der Waals surface area (Å²) >= 11 is 0. The lowest BCUT2D eigenvalue weighted by Crippen LogP contribution is -2.31. The number of phenolic OH excluding ortho intramolecular Hbond substituents is 2. The van der Waals surface area contributed by atoms with Gasteiger partial charge in [-0.05, 0) is 78.9 Å². The molecule has 0 amide bonds. The van der Waals surface area contributed by atoms with E-state index in [4.69, 9.17) is 0 Å². The van der Waals surface area contributed by atoms with E-state index >= 15 is 0 Å². The number of hydrogen-bond donors (Lipinski definition) is 2. The van der Waals surface area contributed by atoms with E-state index in [1.807, 2.05) is 60.7 Å². The highest BCUT2D eigenvalue weighted by atomic mass is 16.3. The molecule has 0 bridgehead atoms.